The highest BCUT2D eigenvalue weighted by molar-refractivity contribution is 7.86. The Hall–Kier alpha value is 0.110. The van der Waals surface area contributed by atoms with Crippen molar-refractivity contribution in [2.45, 2.75) is 80.8 Å². The van der Waals surface area contributed by atoms with Gasteiger partial charge in [-0.25, -0.2) is 0 Å². The van der Waals surface area contributed by atoms with Crippen molar-refractivity contribution < 1.29 is 9.32 Å². The van der Waals surface area contributed by atoms with Gasteiger partial charge in [0.2, 0.25) is 0 Å². The van der Waals surface area contributed by atoms with Crippen LogP contribution in [-0.2, 0) is 10.8 Å². The lowest BCUT2D eigenvalue weighted by atomic mass is 9.88. The van der Waals surface area contributed by atoms with Gasteiger partial charge in [0.15, 0.2) is 0 Å². The molecule has 2 heterocycles. The average molecular weight is 244 g/mol. The highest BCUT2D eigenvalue weighted by atomic mass is 32.2. The first-order valence-corrected chi connectivity index (χ1v) is 8.04. The summed E-state index contributed by atoms with van der Waals surface area (Å²) < 4.78 is 11.9. The third kappa shape index (κ3) is 2.67. The van der Waals surface area contributed by atoms with E-state index in [1.165, 1.54) is 19.3 Å². The first-order valence-electron chi connectivity index (χ1n) is 6.76. The smallest absolute Gasteiger partial charge is 0.0670 e. The van der Waals surface area contributed by atoms with Crippen molar-refractivity contribution >= 4 is 10.8 Å². The summed E-state index contributed by atoms with van der Waals surface area (Å²) in [4.78, 5) is 0. The molecular formula is C13H24O2S. The molecule has 1 N–H and O–H groups in total. The Morgan fingerprint density at radius 1 is 1.19 bits per heavy atom. The highest BCUT2D eigenvalue weighted by Crippen LogP contribution is 2.42. The number of aliphatic hydroxyl groups is 1. The van der Waals surface area contributed by atoms with Crippen LogP contribution in [0.4, 0.5) is 0 Å². The summed E-state index contributed by atoms with van der Waals surface area (Å²) in [6, 6.07) is 0. The fourth-order valence-corrected chi connectivity index (χ4v) is 5.49. The molecule has 0 aliphatic carbocycles. The van der Waals surface area contributed by atoms with Crippen LogP contribution in [0.3, 0.4) is 0 Å². The van der Waals surface area contributed by atoms with Gasteiger partial charge in [-0.3, -0.25) is 4.21 Å². The molecule has 0 aromatic carbocycles. The predicted molar refractivity (Wildman–Crippen MR) is 67.9 cm³/mol. The van der Waals surface area contributed by atoms with Gasteiger partial charge in [0.05, 0.1) is 5.60 Å². The highest BCUT2D eigenvalue weighted by Gasteiger charge is 2.46. The van der Waals surface area contributed by atoms with Crippen molar-refractivity contribution in [2.24, 2.45) is 0 Å². The standard InChI is InChI=1S/C13H24O2S/c1-2-3-4-5-8-13(14)9-11-6-7-12(10-13)16(11)15/h11-12,14H,2-10H2,1H3. The molecular weight excluding hydrogens is 220 g/mol. The normalized spacial score (nSPS) is 42.5. The Morgan fingerprint density at radius 3 is 2.38 bits per heavy atom. The van der Waals surface area contributed by atoms with E-state index < -0.39 is 16.4 Å². The molecule has 0 aromatic rings. The predicted octanol–water partition coefficient (Wildman–Crippen LogP) is 2.76. The topological polar surface area (TPSA) is 37.3 Å². The fraction of sp³-hybridized carbons (Fsp3) is 1.00. The lowest BCUT2D eigenvalue weighted by Crippen LogP contribution is -2.42. The molecule has 2 saturated heterocycles. The van der Waals surface area contributed by atoms with E-state index in [0.29, 0.717) is 10.5 Å². The first kappa shape index (κ1) is 12.6. The van der Waals surface area contributed by atoms with Gasteiger partial charge in [0.25, 0.3) is 0 Å². The zero-order valence-corrected chi connectivity index (χ0v) is 11.1. The van der Waals surface area contributed by atoms with E-state index in [2.05, 4.69) is 6.92 Å². The van der Waals surface area contributed by atoms with Crippen LogP contribution in [0.1, 0.15) is 64.7 Å². The number of unbranched alkanes of at least 4 members (excludes halogenated alkanes) is 3. The van der Waals surface area contributed by atoms with E-state index in [0.717, 1.165) is 38.5 Å². The van der Waals surface area contributed by atoms with E-state index in [9.17, 15) is 9.32 Å². The van der Waals surface area contributed by atoms with Crippen LogP contribution in [-0.4, -0.2) is 25.4 Å². The molecule has 2 aliphatic rings. The Labute approximate surface area is 101 Å². The molecule has 0 saturated carbocycles. The van der Waals surface area contributed by atoms with Gasteiger partial charge in [-0.05, 0) is 32.1 Å². The molecule has 0 spiro atoms. The van der Waals surface area contributed by atoms with Crippen LogP contribution < -0.4 is 0 Å². The Kier molecular flexibility index (Phi) is 4.06. The van der Waals surface area contributed by atoms with E-state index in [1.807, 2.05) is 0 Å². The molecule has 94 valence electrons. The summed E-state index contributed by atoms with van der Waals surface area (Å²) in [6.07, 6.45) is 9.56. The molecule has 2 bridgehead atoms. The van der Waals surface area contributed by atoms with Gasteiger partial charge >= 0.3 is 0 Å². The Bertz CT molecular complexity index is 249. The van der Waals surface area contributed by atoms with Crippen LogP contribution in [0, 0.1) is 0 Å². The first-order chi connectivity index (χ1) is 7.64. The van der Waals surface area contributed by atoms with Crippen molar-refractivity contribution in [2.75, 3.05) is 0 Å². The second-order valence-electron chi connectivity index (χ2n) is 5.59. The molecule has 2 aliphatic heterocycles. The lowest BCUT2D eigenvalue weighted by molar-refractivity contribution is 0.0119. The van der Waals surface area contributed by atoms with Crippen molar-refractivity contribution in [3.63, 3.8) is 0 Å². The molecule has 2 fully saturated rings. The zero-order valence-electron chi connectivity index (χ0n) is 10.3. The third-order valence-electron chi connectivity index (χ3n) is 4.18. The van der Waals surface area contributed by atoms with E-state index in [-0.39, 0.29) is 0 Å². The van der Waals surface area contributed by atoms with Crippen LogP contribution in [0.5, 0.6) is 0 Å². The van der Waals surface area contributed by atoms with Crippen molar-refractivity contribution in [3.05, 3.63) is 0 Å². The number of hydrogen-bond acceptors (Lipinski definition) is 2. The molecule has 2 rings (SSSR count). The average Bonchev–Trinajstić information content (AvgIpc) is 2.51. The number of fused-ring (bicyclic) bond motifs is 2. The largest absolute Gasteiger partial charge is 0.390 e. The van der Waals surface area contributed by atoms with E-state index in [4.69, 9.17) is 0 Å². The van der Waals surface area contributed by atoms with Gasteiger partial charge in [-0.1, -0.05) is 32.6 Å². The molecule has 3 heteroatoms. The second-order valence-corrected chi connectivity index (χ2v) is 7.58. The number of rotatable bonds is 5. The summed E-state index contributed by atoms with van der Waals surface area (Å²) in [5.41, 5.74) is -0.479. The van der Waals surface area contributed by atoms with Gasteiger partial charge in [0, 0.05) is 21.3 Å². The minimum Gasteiger partial charge on any atom is -0.390 e. The quantitative estimate of drug-likeness (QED) is 0.755. The van der Waals surface area contributed by atoms with E-state index in [1.54, 1.807) is 0 Å². The minimum absolute atomic E-state index is 0.301. The molecule has 2 atom stereocenters. The van der Waals surface area contributed by atoms with E-state index >= 15 is 0 Å². The van der Waals surface area contributed by atoms with Gasteiger partial charge in [-0.2, -0.15) is 0 Å². The maximum absolute atomic E-state index is 11.9. The Morgan fingerprint density at radius 2 is 1.81 bits per heavy atom. The van der Waals surface area contributed by atoms with Crippen LogP contribution in [0.15, 0.2) is 0 Å². The second kappa shape index (κ2) is 5.18. The molecule has 0 aromatic heterocycles. The third-order valence-corrected chi connectivity index (χ3v) is 6.30. The maximum Gasteiger partial charge on any atom is 0.0670 e. The van der Waals surface area contributed by atoms with Crippen LogP contribution >= 0.6 is 0 Å². The maximum atomic E-state index is 11.9. The van der Waals surface area contributed by atoms with Crippen molar-refractivity contribution in [1.29, 1.82) is 0 Å². The minimum atomic E-state index is -0.634. The van der Waals surface area contributed by atoms with Crippen LogP contribution in [0.2, 0.25) is 0 Å². The van der Waals surface area contributed by atoms with Crippen molar-refractivity contribution in [1.82, 2.24) is 0 Å². The number of hydrogen-bond donors (Lipinski definition) is 1. The monoisotopic (exact) mass is 244 g/mol. The summed E-state index contributed by atoms with van der Waals surface area (Å²) >= 11 is 0. The summed E-state index contributed by atoms with van der Waals surface area (Å²) in [5, 5.41) is 11.1. The van der Waals surface area contributed by atoms with Gasteiger partial charge in [-0.15, -0.1) is 0 Å². The lowest BCUT2D eigenvalue weighted by Gasteiger charge is -2.36. The fourth-order valence-electron chi connectivity index (χ4n) is 3.26. The van der Waals surface area contributed by atoms with Crippen molar-refractivity contribution in [3.8, 4) is 0 Å². The zero-order chi connectivity index (χ0) is 11.6. The molecule has 0 amide bonds. The van der Waals surface area contributed by atoms with Crippen LogP contribution in [0.25, 0.3) is 0 Å². The summed E-state index contributed by atoms with van der Waals surface area (Å²) in [7, 11) is -0.634. The molecule has 2 unspecified atom stereocenters. The molecule has 0 radical (unpaired) electrons. The summed E-state index contributed by atoms with van der Waals surface area (Å²) in [5.74, 6) is 0. The Balaban J connectivity index is 1.82. The van der Waals surface area contributed by atoms with Gasteiger partial charge in [0.1, 0.15) is 0 Å². The molecule has 16 heavy (non-hydrogen) atoms. The summed E-state index contributed by atoms with van der Waals surface area (Å²) in [6.45, 7) is 2.21. The SMILES string of the molecule is CCCCCCC1(O)CC2CCC(C1)S2=O. The van der Waals surface area contributed by atoms with Gasteiger partial charge < -0.3 is 5.11 Å². The molecule has 2 nitrogen and oxygen atoms in total.